The number of amides is 2. The molecule has 1 fully saturated rings. The third kappa shape index (κ3) is 5.13. The lowest BCUT2D eigenvalue weighted by molar-refractivity contribution is -0.128. The summed E-state index contributed by atoms with van der Waals surface area (Å²) in [4.78, 5) is 29.2. The molecule has 1 aliphatic rings. The average molecular weight is 346 g/mol. The van der Waals surface area contributed by atoms with Crippen molar-refractivity contribution in [3.63, 3.8) is 0 Å². The summed E-state index contributed by atoms with van der Waals surface area (Å²) >= 11 is 1.69. The van der Waals surface area contributed by atoms with E-state index in [-0.39, 0.29) is 11.8 Å². The van der Waals surface area contributed by atoms with Crippen molar-refractivity contribution in [1.29, 1.82) is 0 Å². The van der Waals surface area contributed by atoms with Crippen molar-refractivity contribution in [2.45, 2.75) is 32.1 Å². The molecular formula is C19H26N2O2S. The summed E-state index contributed by atoms with van der Waals surface area (Å²) in [7, 11) is 0. The molecule has 0 atom stereocenters. The number of hydrogen-bond donors (Lipinski definition) is 0. The molecule has 1 aromatic rings. The van der Waals surface area contributed by atoms with Crippen LogP contribution in [0.15, 0.2) is 40.8 Å². The van der Waals surface area contributed by atoms with Crippen LogP contribution < -0.4 is 0 Å². The normalized spacial score (nSPS) is 15.0. The third-order valence-electron chi connectivity index (χ3n) is 4.08. The van der Waals surface area contributed by atoms with Crippen molar-refractivity contribution in [3.8, 4) is 0 Å². The van der Waals surface area contributed by atoms with Gasteiger partial charge in [0.1, 0.15) is 0 Å². The Labute approximate surface area is 148 Å². The van der Waals surface area contributed by atoms with Crippen LogP contribution in [0.25, 0.3) is 0 Å². The zero-order valence-corrected chi connectivity index (χ0v) is 15.6. The van der Waals surface area contributed by atoms with Crippen LogP contribution >= 0.6 is 11.8 Å². The van der Waals surface area contributed by atoms with E-state index < -0.39 is 0 Å². The fourth-order valence-electron chi connectivity index (χ4n) is 2.67. The van der Waals surface area contributed by atoms with E-state index in [4.69, 9.17) is 0 Å². The number of benzene rings is 1. The number of carbonyl (C=O) groups is 2. The first-order valence-electron chi connectivity index (χ1n) is 8.39. The van der Waals surface area contributed by atoms with Gasteiger partial charge < -0.3 is 9.80 Å². The minimum absolute atomic E-state index is 0.0701. The summed E-state index contributed by atoms with van der Waals surface area (Å²) in [5.74, 6) is 1.02. The summed E-state index contributed by atoms with van der Waals surface area (Å²) in [6.45, 7) is 8.41. The number of carbonyl (C=O) groups excluding carboxylic acids is 2. The van der Waals surface area contributed by atoms with Gasteiger partial charge in [-0.15, -0.1) is 11.8 Å². The van der Waals surface area contributed by atoms with Gasteiger partial charge in [-0.25, -0.2) is 0 Å². The van der Waals surface area contributed by atoms with Crippen molar-refractivity contribution in [2.24, 2.45) is 0 Å². The molecule has 1 heterocycles. The highest BCUT2D eigenvalue weighted by Crippen LogP contribution is 2.24. The largest absolute Gasteiger partial charge is 0.341 e. The van der Waals surface area contributed by atoms with Gasteiger partial charge in [0.25, 0.3) is 5.91 Å². The number of thioether (sulfide) groups is 1. The topological polar surface area (TPSA) is 40.6 Å². The molecule has 5 heteroatoms. The Morgan fingerprint density at radius 2 is 1.71 bits per heavy atom. The maximum atomic E-state index is 12.9. The molecule has 1 aliphatic heterocycles. The van der Waals surface area contributed by atoms with Gasteiger partial charge in [-0.2, -0.15) is 0 Å². The minimum Gasteiger partial charge on any atom is -0.341 e. The zero-order chi connectivity index (χ0) is 17.5. The second kappa shape index (κ2) is 8.92. The molecular weight excluding hydrogens is 320 g/mol. The molecule has 0 spiro atoms. The Kier molecular flexibility index (Phi) is 6.91. The first-order valence-corrected chi connectivity index (χ1v) is 9.37. The third-order valence-corrected chi connectivity index (χ3v) is 5.08. The van der Waals surface area contributed by atoms with Gasteiger partial charge in [0, 0.05) is 43.8 Å². The molecule has 0 radical (unpaired) electrons. The Bertz CT molecular complexity index is 624. The predicted molar refractivity (Wildman–Crippen MR) is 99.4 cm³/mol. The van der Waals surface area contributed by atoms with Gasteiger partial charge in [-0.1, -0.05) is 23.8 Å². The lowest BCUT2D eigenvalue weighted by Crippen LogP contribution is -2.36. The first-order chi connectivity index (χ1) is 11.5. The molecule has 0 unspecified atom stereocenters. The van der Waals surface area contributed by atoms with Crippen molar-refractivity contribution in [2.75, 3.05) is 31.9 Å². The van der Waals surface area contributed by atoms with Crippen LogP contribution in [-0.2, 0) is 4.79 Å². The predicted octanol–water partition coefficient (Wildman–Crippen LogP) is 3.44. The van der Waals surface area contributed by atoms with Crippen LogP contribution in [-0.4, -0.2) is 53.5 Å². The second-order valence-corrected chi connectivity index (χ2v) is 7.30. The molecule has 1 aromatic carbocycles. The summed E-state index contributed by atoms with van der Waals surface area (Å²) in [5.41, 5.74) is 2.05. The van der Waals surface area contributed by atoms with Gasteiger partial charge >= 0.3 is 0 Å². The summed E-state index contributed by atoms with van der Waals surface area (Å²) in [6, 6.07) is 7.80. The van der Waals surface area contributed by atoms with E-state index in [0.717, 1.165) is 29.2 Å². The standard InChI is InChI=1S/C19H26N2O2S/c1-15(2)9-14-24-18-8-5-4-7-17(18)19(23)21-11-6-10-20(12-13-21)16(3)22/h4-5,7-9H,6,10-14H2,1-3H3. The highest BCUT2D eigenvalue weighted by atomic mass is 32.2. The Morgan fingerprint density at radius 1 is 1.04 bits per heavy atom. The molecule has 0 N–H and O–H groups in total. The van der Waals surface area contributed by atoms with E-state index in [9.17, 15) is 9.59 Å². The highest BCUT2D eigenvalue weighted by Gasteiger charge is 2.22. The summed E-state index contributed by atoms with van der Waals surface area (Å²) in [6.07, 6.45) is 3.00. The number of allylic oxidation sites excluding steroid dienone is 1. The lowest BCUT2D eigenvalue weighted by atomic mass is 10.2. The number of hydrogen-bond acceptors (Lipinski definition) is 3. The smallest absolute Gasteiger partial charge is 0.255 e. The lowest BCUT2D eigenvalue weighted by Gasteiger charge is -2.22. The first kappa shape index (κ1) is 18.6. The minimum atomic E-state index is 0.0701. The highest BCUT2D eigenvalue weighted by molar-refractivity contribution is 7.99. The van der Waals surface area contributed by atoms with Crippen LogP contribution in [0.2, 0.25) is 0 Å². The van der Waals surface area contributed by atoms with Gasteiger partial charge in [0.05, 0.1) is 5.56 Å². The number of nitrogens with zero attached hydrogens (tertiary/aromatic N) is 2. The molecule has 2 rings (SSSR count). The van der Waals surface area contributed by atoms with E-state index in [1.807, 2.05) is 34.1 Å². The van der Waals surface area contributed by atoms with Crippen LogP contribution in [0.5, 0.6) is 0 Å². The molecule has 0 saturated carbocycles. The fraction of sp³-hybridized carbons (Fsp3) is 0.474. The van der Waals surface area contributed by atoms with E-state index in [2.05, 4.69) is 19.9 Å². The van der Waals surface area contributed by atoms with E-state index in [0.29, 0.717) is 19.6 Å². The van der Waals surface area contributed by atoms with Crippen LogP contribution in [0, 0.1) is 0 Å². The summed E-state index contributed by atoms with van der Waals surface area (Å²) < 4.78 is 0. The van der Waals surface area contributed by atoms with E-state index >= 15 is 0 Å². The molecule has 0 aliphatic carbocycles. The van der Waals surface area contributed by atoms with Crippen LogP contribution in [0.4, 0.5) is 0 Å². The Morgan fingerprint density at radius 3 is 2.42 bits per heavy atom. The summed E-state index contributed by atoms with van der Waals surface area (Å²) in [5, 5.41) is 0. The van der Waals surface area contributed by atoms with Crippen molar-refractivity contribution < 1.29 is 9.59 Å². The molecule has 130 valence electrons. The quantitative estimate of drug-likeness (QED) is 0.619. The molecule has 0 aromatic heterocycles. The monoisotopic (exact) mass is 346 g/mol. The molecule has 0 bridgehead atoms. The van der Waals surface area contributed by atoms with E-state index in [1.165, 1.54) is 5.57 Å². The van der Waals surface area contributed by atoms with Crippen molar-refractivity contribution >= 4 is 23.6 Å². The molecule has 24 heavy (non-hydrogen) atoms. The molecule has 2 amide bonds. The van der Waals surface area contributed by atoms with Gasteiger partial charge in [-0.3, -0.25) is 9.59 Å². The van der Waals surface area contributed by atoms with Gasteiger partial charge in [-0.05, 0) is 32.4 Å². The van der Waals surface area contributed by atoms with Gasteiger partial charge in [0.15, 0.2) is 0 Å². The fourth-order valence-corrected chi connectivity index (χ4v) is 3.75. The molecule has 4 nitrogen and oxygen atoms in total. The van der Waals surface area contributed by atoms with Gasteiger partial charge in [0.2, 0.25) is 5.91 Å². The van der Waals surface area contributed by atoms with Crippen LogP contribution in [0.1, 0.15) is 37.6 Å². The SMILES string of the molecule is CC(=O)N1CCCN(C(=O)c2ccccc2SCC=C(C)C)CC1. The van der Waals surface area contributed by atoms with Crippen LogP contribution in [0.3, 0.4) is 0 Å². The maximum Gasteiger partial charge on any atom is 0.255 e. The Hall–Kier alpha value is -1.75. The van der Waals surface area contributed by atoms with Crippen molar-refractivity contribution in [3.05, 3.63) is 41.5 Å². The second-order valence-electron chi connectivity index (χ2n) is 6.24. The maximum absolute atomic E-state index is 12.9. The van der Waals surface area contributed by atoms with E-state index in [1.54, 1.807) is 18.7 Å². The molecule has 1 saturated heterocycles. The average Bonchev–Trinajstić information content (AvgIpc) is 2.80. The zero-order valence-electron chi connectivity index (χ0n) is 14.7. The Balaban J connectivity index is 2.09. The van der Waals surface area contributed by atoms with Crippen molar-refractivity contribution in [1.82, 2.24) is 9.80 Å². The number of rotatable bonds is 4.